The average Bonchev–Trinajstić information content (AvgIpc) is 2.58. The van der Waals surface area contributed by atoms with Gasteiger partial charge in [-0.25, -0.2) is 4.98 Å². The molecule has 1 heterocycles. The lowest BCUT2D eigenvalue weighted by molar-refractivity contribution is -0.113. The topological polar surface area (TPSA) is 91.9 Å². The van der Waals surface area contributed by atoms with Gasteiger partial charge in [-0.3, -0.25) is 14.4 Å². The molecule has 0 aliphatic heterocycles. The van der Waals surface area contributed by atoms with E-state index in [1.54, 1.807) is 24.3 Å². The summed E-state index contributed by atoms with van der Waals surface area (Å²) in [5.41, 5.74) is 1.47. The summed E-state index contributed by atoms with van der Waals surface area (Å²) in [6.07, 6.45) is 2.73. The number of aromatic nitrogens is 2. The van der Waals surface area contributed by atoms with E-state index in [2.05, 4.69) is 22.2 Å². The van der Waals surface area contributed by atoms with Crippen molar-refractivity contribution in [3.8, 4) is 0 Å². The van der Waals surface area contributed by atoms with Crippen LogP contribution in [0.5, 0.6) is 0 Å². The van der Waals surface area contributed by atoms with Gasteiger partial charge in [0.2, 0.25) is 5.91 Å². The number of hydrogen-bond donors (Lipinski definition) is 2. The monoisotopic (exact) mass is 359 g/mol. The smallest absolute Gasteiger partial charge is 0.251 e. The Morgan fingerprint density at radius 2 is 2.04 bits per heavy atom. The van der Waals surface area contributed by atoms with E-state index in [1.165, 1.54) is 13.0 Å². The van der Waals surface area contributed by atoms with Gasteiger partial charge in [0.25, 0.3) is 5.56 Å². The summed E-state index contributed by atoms with van der Waals surface area (Å²) in [4.78, 5) is 42.4. The lowest BCUT2D eigenvalue weighted by Gasteiger charge is -2.09. The maximum Gasteiger partial charge on any atom is 0.251 e. The number of unbranched alkanes of at least 4 members (excludes halogenated alkanes) is 1. The number of rotatable bonds is 8. The highest BCUT2D eigenvalue weighted by Crippen LogP contribution is 2.17. The Labute approximate surface area is 150 Å². The van der Waals surface area contributed by atoms with Gasteiger partial charge >= 0.3 is 0 Å². The number of para-hydroxylation sites is 1. The molecule has 0 aliphatic carbocycles. The van der Waals surface area contributed by atoms with Crippen LogP contribution in [0.3, 0.4) is 0 Å². The van der Waals surface area contributed by atoms with Gasteiger partial charge in [0.15, 0.2) is 10.9 Å². The molecular formula is C18H21N3O3S. The Balaban J connectivity index is 2.00. The number of benzene rings is 1. The molecule has 0 atom stereocenters. The van der Waals surface area contributed by atoms with Crippen molar-refractivity contribution < 1.29 is 9.59 Å². The first-order valence-corrected chi connectivity index (χ1v) is 9.11. The van der Waals surface area contributed by atoms with E-state index in [1.807, 2.05) is 0 Å². The molecule has 0 saturated heterocycles. The fourth-order valence-electron chi connectivity index (χ4n) is 2.26. The fraction of sp³-hybridized carbons (Fsp3) is 0.333. The molecule has 0 radical (unpaired) electrons. The molecule has 0 unspecified atom stereocenters. The molecule has 0 bridgehead atoms. The van der Waals surface area contributed by atoms with Gasteiger partial charge < -0.3 is 10.3 Å². The van der Waals surface area contributed by atoms with Gasteiger partial charge in [-0.05, 0) is 31.9 Å². The van der Waals surface area contributed by atoms with Gasteiger partial charge in [0, 0.05) is 17.3 Å². The van der Waals surface area contributed by atoms with Crippen LogP contribution in [0, 0.1) is 0 Å². The molecule has 0 spiro atoms. The number of carbonyl (C=O) groups excluding carboxylic acids is 2. The molecule has 0 saturated carbocycles. The van der Waals surface area contributed by atoms with Crippen molar-refractivity contribution in [1.82, 2.24) is 9.97 Å². The lowest BCUT2D eigenvalue weighted by Crippen LogP contribution is -2.17. The Morgan fingerprint density at radius 1 is 1.28 bits per heavy atom. The Bertz CT molecular complexity index is 817. The zero-order valence-electron chi connectivity index (χ0n) is 14.3. The molecule has 1 aromatic heterocycles. The van der Waals surface area contributed by atoms with E-state index in [0.717, 1.165) is 36.7 Å². The van der Waals surface area contributed by atoms with E-state index in [9.17, 15) is 14.4 Å². The largest absolute Gasteiger partial charge is 0.325 e. The third-order valence-corrected chi connectivity index (χ3v) is 4.35. The Morgan fingerprint density at radius 3 is 2.76 bits per heavy atom. The number of aromatic amines is 1. The van der Waals surface area contributed by atoms with Crippen LogP contribution in [0.4, 0.5) is 5.69 Å². The molecule has 1 amide bonds. The van der Waals surface area contributed by atoms with Crippen LogP contribution < -0.4 is 10.9 Å². The van der Waals surface area contributed by atoms with Crippen molar-refractivity contribution in [2.75, 3.05) is 11.1 Å². The molecular weight excluding hydrogens is 338 g/mol. The number of amides is 1. The lowest BCUT2D eigenvalue weighted by atomic mass is 10.1. The molecule has 2 N–H and O–H groups in total. The zero-order valence-corrected chi connectivity index (χ0v) is 15.1. The summed E-state index contributed by atoms with van der Waals surface area (Å²) < 4.78 is 0. The number of anilines is 1. The second-order valence-electron chi connectivity index (χ2n) is 5.58. The molecule has 132 valence electrons. The average molecular weight is 359 g/mol. The molecule has 6 nitrogen and oxygen atoms in total. The SMILES string of the molecule is CCCCc1cc(=O)[nH]c(SCC(=O)Nc2ccccc2C(C)=O)n1. The number of thioether (sulfide) groups is 1. The molecule has 0 aliphatic rings. The predicted octanol–water partition coefficient (Wildman–Crippen LogP) is 3.05. The normalized spacial score (nSPS) is 10.5. The Hall–Kier alpha value is -2.41. The van der Waals surface area contributed by atoms with Crippen molar-refractivity contribution >= 4 is 29.1 Å². The van der Waals surface area contributed by atoms with Gasteiger partial charge in [-0.2, -0.15) is 0 Å². The molecule has 0 fully saturated rings. The van der Waals surface area contributed by atoms with Crippen LogP contribution in [0.1, 0.15) is 42.7 Å². The van der Waals surface area contributed by atoms with Gasteiger partial charge in [-0.15, -0.1) is 0 Å². The molecule has 2 aromatic rings. The zero-order chi connectivity index (χ0) is 18.2. The van der Waals surface area contributed by atoms with Crippen molar-refractivity contribution in [1.29, 1.82) is 0 Å². The number of hydrogen-bond acceptors (Lipinski definition) is 5. The predicted molar refractivity (Wildman–Crippen MR) is 99.3 cm³/mol. The number of H-pyrrole nitrogens is 1. The van der Waals surface area contributed by atoms with Crippen LogP contribution in [0.15, 0.2) is 40.3 Å². The van der Waals surface area contributed by atoms with Gasteiger partial charge in [0.1, 0.15) is 0 Å². The summed E-state index contributed by atoms with van der Waals surface area (Å²) in [5.74, 6) is -0.287. The maximum atomic E-state index is 12.1. The highest BCUT2D eigenvalue weighted by Gasteiger charge is 2.11. The summed E-state index contributed by atoms with van der Waals surface area (Å²) in [6, 6.07) is 8.35. The summed E-state index contributed by atoms with van der Waals surface area (Å²) in [7, 11) is 0. The van der Waals surface area contributed by atoms with Crippen molar-refractivity contribution in [2.45, 2.75) is 38.3 Å². The number of ketones is 1. The standard InChI is InChI=1S/C18H21N3O3S/c1-3-4-7-13-10-16(23)21-18(19-13)25-11-17(24)20-15-9-6-5-8-14(15)12(2)22/h5-6,8-10H,3-4,7,11H2,1-2H3,(H,20,24)(H,19,21,23). The number of nitrogens with zero attached hydrogens (tertiary/aromatic N) is 1. The highest BCUT2D eigenvalue weighted by atomic mass is 32.2. The van der Waals surface area contributed by atoms with Crippen LogP contribution in [0.25, 0.3) is 0 Å². The van der Waals surface area contributed by atoms with Gasteiger partial charge in [-0.1, -0.05) is 37.2 Å². The first-order chi connectivity index (χ1) is 12.0. The first kappa shape index (κ1) is 18.9. The number of Topliss-reactive ketones (excluding diaryl/α,β-unsaturated/α-hetero) is 1. The first-order valence-electron chi connectivity index (χ1n) is 8.12. The van der Waals surface area contributed by atoms with Crippen LogP contribution >= 0.6 is 11.8 Å². The second-order valence-corrected chi connectivity index (χ2v) is 6.55. The van der Waals surface area contributed by atoms with E-state index in [-0.39, 0.29) is 23.0 Å². The minimum Gasteiger partial charge on any atom is -0.325 e. The Kier molecular flexibility index (Phi) is 6.94. The number of aryl methyl sites for hydroxylation is 1. The molecule has 7 heteroatoms. The fourth-order valence-corrected chi connectivity index (χ4v) is 2.95. The highest BCUT2D eigenvalue weighted by molar-refractivity contribution is 7.99. The second kappa shape index (κ2) is 9.17. The van der Waals surface area contributed by atoms with Crippen LogP contribution in [0.2, 0.25) is 0 Å². The maximum absolute atomic E-state index is 12.1. The molecule has 25 heavy (non-hydrogen) atoms. The summed E-state index contributed by atoms with van der Waals surface area (Å²) in [5, 5.41) is 3.15. The van der Waals surface area contributed by atoms with E-state index in [4.69, 9.17) is 0 Å². The van der Waals surface area contributed by atoms with E-state index >= 15 is 0 Å². The van der Waals surface area contributed by atoms with Crippen molar-refractivity contribution in [3.63, 3.8) is 0 Å². The minimum atomic E-state index is -0.264. The van der Waals surface area contributed by atoms with E-state index in [0.29, 0.717) is 16.4 Å². The number of carbonyl (C=O) groups is 2. The van der Waals surface area contributed by atoms with Crippen molar-refractivity contribution in [3.05, 3.63) is 51.9 Å². The van der Waals surface area contributed by atoms with Crippen LogP contribution in [-0.2, 0) is 11.2 Å². The number of nitrogens with one attached hydrogen (secondary N) is 2. The quantitative estimate of drug-likeness (QED) is 0.429. The van der Waals surface area contributed by atoms with Gasteiger partial charge in [0.05, 0.1) is 11.4 Å². The molecule has 2 rings (SSSR count). The van der Waals surface area contributed by atoms with E-state index < -0.39 is 0 Å². The minimum absolute atomic E-state index is 0.0897. The summed E-state index contributed by atoms with van der Waals surface area (Å²) >= 11 is 1.16. The summed E-state index contributed by atoms with van der Waals surface area (Å²) in [6.45, 7) is 3.53. The van der Waals surface area contributed by atoms with Crippen molar-refractivity contribution in [2.24, 2.45) is 0 Å². The molecule has 1 aromatic carbocycles. The third kappa shape index (κ3) is 5.86. The van der Waals surface area contributed by atoms with Crippen LogP contribution in [-0.4, -0.2) is 27.4 Å². The third-order valence-electron chi connectivity index (χ3n) is 3.48.